The van der Waals surface area contributed by atoms with E-state index in [-0.39, 0.29) is 18.4 Å². The lowest BCUT2D eigenvalue weighted by Gasteiger charge is -2.37. The number of amides is 3. The number of carbonyl (C=O) groups excluding carboxylic acids is 3. The summed E-state index contributed by atoms with van der Waals surface area (Å²) in [6.45, 7) is 13.0. The van der Waals surface area contributed by atoms with E-state index < -0.39 is 5.60 Å². The van der Waals surface area contributed by atoms with Crippen molar-refractivity contribution in [3.8, 4) is 0 Å². The Morgan fingerprint density at radius 3 is 1.97 bits per heavy atom. The van der Waals surface area contributed by atoms with Crippen molar-refractivity contribution < 1.29 is 33.3 Å². The van der Waals surface area contributed by atoms with Crippen LogP contribution in [0.15, 0.2) is 0 Å². The Bertz CT molecular complexity index is 592. The van der Waals surface area contributed by atoms with E-state index in [0.29, 0.717) is 65.8 Å². The van der Waals surface area contributed by atoms with Gasteiger partial charge in [0.15, 0.2) is 0 Å². The van der Waals surface area contributed by atoms with Crippen LogP contribution in [0.25, 0.3) is 0 Å². The highest BCUT2D eigenvalue weighted by Crippen LogP contribution is 2.08. The van der Waals surface area contributed by atoms with Crippen LogP contribution in [0.2, 0.25) is 0 Å². The van der Waals surface area contributed by atoms with Crippen molar-refractivity contribution in [3.05, 3.63) is 0 Å². The number of likely N-dealkylation sites (N-methyl/N-ethyl adjacent to an activating group) is 2. The van der Waals surface area contributed by atoms with Gasteiger partial charge in [0.05, 0.1) is 46.1 Å². The van der Waals surface area contributed by atoms with Crippen molar-refractivity contribution in [1.29, 1.82) is 0 Å². The predicted octanol–water partition coefficient (Wildman–Crippen LogP) is 0.526. The summed E-state index contributed by atoms with van der Waals surface area (Å²) in [5.74, 6) is -0.272. The minimum absolute atomic E-state index is 0.00744. The monoisotopic (exact) mass is 488 g/mol. The topological polar surface area (TPSA) is 101 Å². The van der Waals surface area contributed by atoms with E-state index in [0.717, 1.165) is 26.0 Å². The molecule has 0 aromatic carbocycles. The van der Waals surface area contributed by atoms with Crippen molar-refractivity contribution in [2.24, 2.45) is 0 Å². The standard InChI is InChI=1S/C23H44N4O7/c1-23(2,3)34-21(29)6-14-31-16-18-33-19-17-32-15-13-25(5)22(30)27-11-9-26(10-12-27)8-7-24(4)20-28/h20H,6-19H2,1-5H3. The van der Waals surface area contributed by atoms with E-state index in [1.807, 2.05) is 25.7 Å². The van der Waals surface area contributed by atoms with Crippen LogP contribution < -0.4 is 0 Å². The van der Waals surface area contributed by atoms with Crippen LogP contribution >= 0.6 is 0 Å². The molecule has 0 atom stereocenters. The molecule has 1 aliphatic heterocycles. The van der Waals surface area contributed by atoms with Gasteiger partial charge < -0.3 is 33.6 Å². The minimum Gasteiger partial charge on any atom is -0.460 e. The highest BCUT2D eigenvalue weighted by Gasteiger charge is 2.23. The molecule has 1 fully saturated rings. The first-order valence-corrected chi connectivity index (χ1v) is 12.0. The Labute approximate surface area is 204 Å². The first kappa shape index (κ1) is 30.1. The van der Waals surface area contributed by atoms with Gasteiger partial charge in [0.2, 0.25) is 6.41 Å². The zero-order valence-electron chi connectivity index (χ0n) is 21.6. The molecule has 0 aliphatic carbocycles. The van der Waals surface area contributed by atoms with Crippen molar-refractivity contribution in [2.75, 3.05) is 99.5 Å². The smallest absolute Gasteiger partial charge is 0.319 e. The van der Waals surface area contributed by atoms with E-state index in [9.17, 15) is 14.4 Å². The normalized spacial score (nSPS) is 14.7. The van der Waals surface area contributed by atoms with Crippen LogP contribution in [0.5, 0.6) is 0 Å². The summed E-state index contributed by atoms with van der Waals surface area (Å²) in [6, 6.07) is 0.00744. The second kappa shape index (κ2) is 16.6. The Morgan fingerprint density at radius 2 is 1.41 bits per heavy atom. The molecular formula is C23H44N4O7. The number of hydrogen-bond donors (Lipinski definition) is 0. The molecular weight excluding hydrogens is 444 g/mol. The van der Waals surface area contributed by atoms with Gasteiger partial charge in [-0.1, -0.05) is 0 Å². The minimum atomic E-state index is -0.478. The molecule has 1 aliphatic rings. The Hall–Kier alpha value is -1.95. The fourth-order valence-corrected chi connectivity index (χ4v) is 3.14. The third-order valence-electron chi connectivity index (χ3n) is 5.10. The average Bonchev–Trinajstić information content (AvgIpc) is 2.79. The quantitative estimate of drug-likeness (QED) is 0.176. The van der Waals surface area contributed by atoms with Gasteiger partial charge in [-0.05, 0) is 20.8 Å². The maximum absolute atomic E-state index is 12.6. The number of esters is 1. The molecule has 0 saturated carbocycles. The highest BCUT2D eigenvalue weighted by molar-refractivity contribution is 5.74. The molecule has 1 heterocycles. The van der Waals surface area contributed by atoms with Gasteiger partial charge in [-0.25, -0.2) is 4.79 Å². The molecule has 0 spiro atoms. The van der Waals surface area contributed by atoms with Crippen LogP contribution in [0, 0.1) is 0 Å². The molecule has 0 unspecified atom stereocenters. The van der Waals surface area contributed by atoms with Crippen molar-refractivity contribution in [2.45, 2.75) is 32.8 Å². The average molecular weight is 489 g/mol. The maximum atomic E-state index is 12.6. The molecule has 0 radical (unpaired) electrons. The van der Waals surface area contributed by atoms with Gasteiger partial charge >= 0.3 is 12.0 Å². The number of urea groups is 1. The third-order valence-corrected chi connectivity index (χ3v) is 5.10. The molecule has 3 amide bonds. The summed E-state index contributed by atoms with van der Waals surface area (Å²) in [5, 5.41) is 0. The summed E-state index contributed by atoms with van der Waals surface area (Å²) in [6.07, 6.45) is 1.05. The third kappa shape index (κ3) is 14.3. The Kier molecular flexibility index (Phi) is 14.7. The SMILES string of the molecule is CN(C=O)CCN1CCN(C(=O)N(C)CCOCCOCCOCCC(=O)OC(C)(C)C)CC1. The molecule has 11 heteroatoms. The second-order valence-corrected chi connectivity index (χ2v) is 9.29. The predicted molar refractivity (Wildman–Crippen MR) is 128 cm³/mol. The number of ether oxygens (including phenoxy) is 4. The van der Waals surface area contributed by atoms with Crippen LogP contribution in [-0.2, 0) is 28.5 Å². The number of rotatable bonds is 16. The Balaban J connectivity index is 1.97. The zero-order chi connectivity index (χ0) is 25.4. The first-order valence-electron chi connectivity index (χ1n) is 12.0. The van der Waals surface area contributed by atoms with E-state index in [1.54, 1.807) is 23.9 Å². The van der Waals surface area contributed by atoms with Gasteiger partial charge in [-0.3, -0.25) is 14.5 Å². The lowest BCUT2D eigenvalue weighted by Crippen LogP contribution is -2.53. The number of piperazine rings is 1. The zero-order valence-corrected chi connectivity index (χ0v) is 21.6. The van der Waals surface area contributed by atoms with Gasteiger partial charge in [-0.2, -0.15) is 0 Å². The number of carbonyl (C=O) groups is 3. The second-order valence-electron chi connectivity index (χ2n) is 9.29. The fraction of sp³-hybridized carbons (Fsp3) is 0.870. The molecule has 198 valence electrons. The first-order chi connectivity index (χ1) is 16.1. The van der Waals surface area contributed by atoms with Crippen LogP contribution in [0.1, 0.15) is 27.2 Å². The molecule has 0 aromatic rings. The largest absolute Gasteiger partial charge is 0.460 e. The van der Waals surface area contributed by atoms with E-state index in [2.05, 4.69) is 4.90 Å². The van der Waals surface area contributed by atoms with Crippen molar-refractivity contribution in [3.63, 3.8) is 0 Å². The van der Waals surface area contributed by atoms with E-state index in [4.69, 9.17) is 18.9 Å². The van der Waals surface area contributed by atoms with Crippen molar-refractivity contribution in [1.82, 2.24) is 19.6 Å². The van der Waals surface area contributed by atoms with E-state index in [1.165, 1.54) is 0 Å². The molecule has 0 N–H and O–H groups in total. The Morgan fingerprint density at radius 1 is 0.853 bits per heavy atom. The number of nitrogens with zero attached hydrogens (tertiary/aromatic N) is 4. The fourth-order valence-electron chi connectivity index (χ4n) is 3.14. The molecule has 11 nitrogen and oxygen atoms in total. The molecule has 1 rings (SSSR count). The van der Waals surface area contributed by atoms with E-state index >= 15 is 0 Å². The van der Waals surface area contributed by atoms with Gasteiger partial charge in [0.25, 0.3) is 0 Å². The summed E-state index contributed by atoms with van der Waals surface area (Å²) < 4.78 is 21.6. The van der Waals surface area contributed by atoms with Gasteiger partial charge in [0.1, 0.15) is 5.60 Å². The van der Waals surface area contributed by atoms with Crippen LogP contribution in [-0.4, -0.2) is 143 Å². The molecule has 0 bridgehead atoms. The summed E-state index contributed by atoms with van der Waals surface area (Å²) in [7, 11) is 3.55. The molecule has 1 saturated heterocycles. The highest BCUT2D eigenvalue weighted by atomic mass is 16.6. The van der Waals surface area contributed by atoms with Crippen LogP contribution in [0.3, 0.4) is 0 Å². The summed E-state index contributed by atoms with van der Waals surface area (Å²) >= 11 is 0. The lowest BCUT2D eigenvalue weighted by atomic mass is 10.2. The number of hydrogen-bond acceptors (Lipinski definition) is 8. The summed E-state index contributed by atoms with van der Waals surface area (Å²) in [4.78, 5) is 42.2. The summed E-state index contributed by atoms with van der Waals surface area (Å²) in [5.41, 5.74) is -0.478. The van der Waals surface area contributed by atoms with Gasteiger partial charge in [-0.15, -0.1) is 0 Å². The lowest BCUT2D eigenvalue weighted by molar-refractivity contribution is -0.156. The molecule has 0 aromatic heterocycles. The molecule has 34 heavy (non-hydrogen) atoms. The maximum Gasteiger partial charge on any atom is 0.319 e. The van der Waals surface area contributed by atoms with Crippen molar-refractivity contribution >= 4 is 18.4 Å². The van der Waals surface area contributed by atoms with Crippen LogP contribution in [0.4, 0.5) is 4.79 Å². The van der Waals surface area contributed by atoms with Gasteiger partial charge in [0, 0.05) is 59.9 Å².